The van der Waals surface area contributed by atoms with Crippen molar-refractivity contribution in [3.05, 3.63) is 11.8 Å². The second-order valence-corrected chi connectivity index (χ2v) is 1.54. The molecule has 1 aliphatic heterocycles. The summed E-state index contributed by atoms with van der Waals surface area (Å²) < 4.78 is 0. The van der Waals surface area contributed by atoms with Crippen LogP contribution in [0.5, 0.6) is 0 Å². The van der Waals surface area contributed by atoms with Crippen molar-refractivity contribution in [1.29, 1.82) is 0 Å². The van der Waals surface area contributed by atoms with Crippen LogP contribution in [0.25, 0.3) is 0 Å². The van der Waals surface area contributed by atoms with Crippen LogP contribution in [0.2, 0.25) is 0 Å². The Balaban J connectivity index is 2.51. The van der Waals surface area contributed by atoms with Gasteiger partial charge in [-0.05, 0) is 6.42 Å². The predicted octanol–water partition coefficient (Wildman–Crippen LogP) is 0.0625. The fraction of sp³-hybridized carbons (Fsp3) is 0.400. The van der Waals surface area contributed by atoms with Crippen molar-refractivity contribution in [1.82, 2.24) is 5.32 Å². The molecule has 7 heavy (non-hydrogen) atoms. The Bertz CT molecular complexity index is 107. The summed E-state index contributed by atoms with van der Waals surface area (Å²) in [5, 5.41) is 2.93. The van der Waals surface area contributed by atoms with Gasteiger partial charge in [0.2, 0.25) is 0 Å². The number of hydrogen-bond donors (Lipinski definition) is 1. The van der Waals surface area contributed by atoms with Crippen LogP contribution >= 0.6 is 0 Å². The molecule has 0 amide bonds. The number of carbonyl (C=O) groups excluding carboxylic acids is 1. The van der Waals surface area contributed by atoms with Crippen LogP contribution in [0.3, 0.4) is 0 Å². The third kappa shape index (κ3) is 0.796. The van der Waals surface area contributed by atoms with E-state index in [1.54, 1.807) is 6.20 Å². The maximum absolute atomic E-state index is 9.90. The second-order valence-electron chi connectivity index (χ2n) is 1.54. The Hall–Kier alpha value is -0.790. The smallest absolute Gasteiger partial charge is 0.147 e. The highest BCUT2D eigenvalue weighted by Crippen LogP contribution is 1.99. The van der Waals surface area contributed by atoms with Gasteiger partial charge in [0.25, 0.3) is 0 Å². The topological polar surface area (TPSA) is 29.1 Å². The highest BCUT2D eigenvalue weighted by molar-refractivity contribution is 5.73. The van der Waals surface area contributed by atoms with Gasteiger partial charge >= 0.3 is 0 Å². The van der Waals surface area contributed by atoms with E-state index in [1.807, 2.05) is 0 Å². The third-order valence-corrected chi connectivity index (χ3v) is 0.997. The highest BCUT2D eigenvalue weighted by Gasteiger charge is 1.98. The summed E-state index contributed by atoms with van der Waals surface area (Å²) in [6.45, 7) is 0.925. The van der Waals surface area contributed by atoms with E-state index in [2.05, 4.69) is 5.32 Å². The molecule has 0 spiro atoms. The number of hydrogen-bond acceptors (Lipinski definition) is 2. The number of rotatable bonds is 1. The van der Waals surface area contributed by atoms with E-state index < -0.39 is 0 Å². The SMILES string of the molecule is O=CC1=CNCC1. The standard InChI is InChI=1S/C5H7NO/c7-4-5-1-2-6-3-5/h3-4,6H,1-2H2. The van der Waals surface area contributed by atoms with Crippen molar-refractivity contribution in [3.8, 4) is 0 Å². The molecule has 0 radical (unpaired) electrons. The summed E-state index contributed by atoms with van der Waals surface area (Å²) in [5.41, 5.74) is 0.875. The van der Waals surface area contributed by atoms with Crippen molar-refractivity contribution in [2.24, 2.45) is 0 Å². The zero-order valence-electron chi connectivity index (χ0n) is 3.98. The lowest BCUT2D eigenvalue weighted by Crippen LogP contribution is -1.96. The summed E-state index contributed by atoms with van der Waals surface area (Å²) in [6, 6.07) is 0. The number of carbonyl (C=O) groups is 1. The molecule has 0 saturated heterocycles. The zero-order chi connectivity index (χ0) is 5.11. The summed E-state index contributed by atoms with van der Waals surface area (Å²) in [7, 11) is 0. The Morgan fingerprint density at radius 3 is 3.00 bits per heavy atom. The van der Waals surface area contributed by atoms with Gasteiger partial charge in [-0.15, -0.1) is 0 Å². The second kappa shape index (κ2) is 1.78. The molecule has 0 unspecified atom stereocenters. The molecule has 2 nitrogen and oxygen atoms in total. The molecule has 0 saturated carbocycles. The van der Waals surface area contributed by atoms with E-state index >= 15 is 0 Å². The van der Waals surface area contributed by atoms with E-state index in [0.717, 1.165) is 24.8 Å². The largest absolute Gasteiger partial charge is 0.390 e. The van der Waals surface area contributed by atoms with E-state index in [9.17, 15) is 4.79 Å². The highest BCUT2D eigenvalue weighted by atomic mass is 16.1. The molecule has 1 heterocycles. The van der Waals surface area contributed by atoms with Gasteiger partial charge in [0.05, 0.1) is 0 Å². The van der Waals surface area contributed by atoms with Crippen LogP contribution in [-0.4, -0.2) is 12.8 Å². The van der Waals surface area contributed by atoms with Crippen LogP contribution in [0.15, 0.2) is 11.8 Å². The zero-order valence-corrected chi connectivity index (χ0v) is 3.98. The van der Waals surface area contributed by atoms with Gasteiger partial charge < -0.3 is 5.32 Å². The fourth-order valence-electron chi connectivity index (χ4n) is 0.585. The van der Waals surface area contributed by atoms with Crippen molar-refractivity contribution in [2.45, 2.75) is 6.42 Å². The number of aldehydes is 1. The molecule has 0 fully saturated rings. The maximum atomic E-state index is 9.90. The molecule has 2 heteroatoms. The third-order valence-electron chi connectivity index (χ3n) is 0.997. The number of nitrogens with one attached hydrogen (secondary N) is 1. The van der Waals surface area contributed by atoms with Crippen molar-refractivity contribution in [3.63, 3.8) is 0 Å². The molecular formula is C5H7NO. The first-order valence-corrected chi connectivity index (χ1v) is 2.31. The molecule has 0 aromatic heterocycles. The lowest BCUT2D eigenvalue weighted by atomic mass is 10.3. The van der Waals surface area contributed by atoms with Gasteiger partial charge in [-0.25, -0.2) is 0 Å². The van der Waals surface area contributed by atoms with Gasteiger partial charge in [-0.3, -0.25) is 4.79 Å². The van der Waals surface area contributed by atoms with Crippen molar-refractivity contribution in [2.75, 3.05) is 6.54 Å². The van der Waals surface area contributed by atoms with E-state index in [-0.39, 0.29) is 0 Å². The molecule has 1 N–H and O–H groups in total. The van der Waals surface area contributed by atoms with Gasteiger partial charge in [-0.1, -0.05) is 0 Å². The molecule has 1 aliphatic rings. The van der Waals surface area contributed by atoms with Crippen molar-refractivity contribution < 1.29 is 4.79 Å². The fourth-order valence-corrected chi connectivity index (χ4v) is 0.585. The molecule has 0 atom stereocenters. The van der Waals surface area contributed by atoms with E-state index in [0.29, 0.717) is 0 Å². The lowest BCUT2D eigenvalue weighted by molar-refractivity contribution is -0.104. The molecule has 0 aromatic rings. The van der Waals surface area contributed by atoms with Crippen LogP contribution in [0.1, 0.15) is 6.42 Å². The lowest BCUT2D eigenvalue weighted by Gasteiger charge is -1.79. The maximum Gasteiger partial charge on any atom is 0.147 e. The van der Waals surface area contributed by atoms with Crippen LogP contribution in [0.4, 0.5) is 0 Å². The first-order valence-electron chi connectivity index (χ1n) is 2.31. The van der Waals surface area contributed by atoms with E-state index in [4.69, 9.17) is 0 Å². The molecular weight excluding hydrogens is 90.1 g/mol. The van der Waals surface area contributed by atoms with Gasteiger partial charge in [0.1, 0.15) is 6.29 Å². The Labute approximate surface area is 42.2 Å². The summed E-state index contributed by atoms with van der Waals surface area (Å²) in [6.07, 6.45) is 3.54. The predicted molar refractivity (Wildman–Crippen MR) is 26.8 cm³/mol. The Morgan fingerprint density at radius 2 is 2.71 bits per heavy atom. The average Bonchev–Trinajstić information content (AvgIpc) is 2.14. The van der Waals surface area contributed by atoms with Gasteiger partial charge in [-0.2, -0.15) is 0 Å². The molecule has 0 aromatic carbocycles. The van der Waals surface area contributed by atoms with Gasteiger partial charge in [0.15, 0.2) is 0 Å². The quantitative estimate of drug-likeness (QED) is 0.469. The van der Waals surface area contributed by atoms with E-state index in [1.165, 1.54) is 0 Å². The molecule has 1 rings (SSSR count). The Kier molecular flexibility index (Phi) is 1.11. The summed E-state index contributed by atoms with van der Waals surface area (Å²) in [5.74, 6) is 0. The first-order chi connectivity index (χ1) is 3.43. The minimum atomic E-state index is 0.875. The summed E-state index contributed by atoms with van der Waals surface area (Å²) >= 11 is 0. The first kappa shape index (κ1) is 4.37. The molecule has 0 bridgehead atoms. The van der Waals surface area contributed by atoms with Crippen LogP contribution in [-0.2, 0) is 4.79 Å². The average molecular weight is 97.1 g/mol. The normalized spacial score (nSPS) is 18.0. The minimum absolute atomic E-state index is 0.875. The minimum Gasteiger partial charge on any atom is -0.390 e. The van der Waals surface area contributed by atoms with Gasteiger partial charge in [0, 0.05) is 18.3 Å². The van der Waals surface area contributed by atoms with Crippen molar-refractivity contribution >= 4 is 6.29 Å². The molecule has 0 aliphatic carbocycles. The van der Waals surface area contributed by atoms with Crippen LogP contribution in [0, 0.1) is 0 Å². The monoisotopic (exact) mass is 97.1 g/mol. The molecule has 38 valence electrons. The Morgan fingerprint density at radius 1 is 1.86 bits per heavy atom. The summed E-state index contributed by atoms with van der Waals surface area (Å²) in [4.78, 5) is 9.90. The van der Waals surface area contributed by atoms with Crippen LogP contribution < -0.4 is 5.32 Å².